The Balaban J connectivity index is 1.66. The summed E-state index contributed by atoms with van der Waals surface area (Å²) in [7, 11) is -3.31. The summed E-state index contributed by atoms with van der Waals surface area (Å²) in [5, 5.41) is 3.11. The molecular formula is C24H23N3O3S. The minimum Gasteiger partial charge on any atom is -0.344 e. The van der Waals surface area contributed by atoms with Gasteiger partial charge >= 0.3 is 0 Å². The highest BCUT2D eigenvalue weighted by molar-refractivity contribution is 7.89. The number of rotatable bonds is 7. The van der Waals surface area contributed by atoms with Gasteiger partial charge in [-0.2, -0.15) is 0 Å². The molecule has 4 rings (SSSR count). The smallest absolute Gasteiger partial charge is 0.240 e. The van der Waals surface area contributed by atoms with Gasteiger partial charge in [-0.3, -0.25) is 4.79 Å². The fourth-order valence-electron chi connectivity index (χ4n) is 3.65. The van der Waals surface area contributed by atoms with Crippen molar-refractivity contribution in [2.75, 3.05) is 6.26 Å². The number of carbonyl (C=O) groups excluding carboxylic acids is 1. The standard InChI is InChI=1S/C24H23N3O3S/c1-31(29,30)17-22-25-20-14-8-9-15-21(20)27(22)16-23(28)26-24(18-10-4-2-5-11-18)19-12-6-3-7-13-19/h2-15,24H,16-17H2,1H3,(H,26,28). The maximum atomic E-state index is 13.1. The van der Waals surface area contributed by atoms with Gasteiger partial charge in [-0.15, -0.1) is 0 Å². The van der Waals surface area contributed by atoms with Crippen molar-refractivity contribution in [1.29, 1.82) is 0 Å². The molecule has 0 spiro atoms. The Morgan fingerprint density at radius 1 is 0.903 bits per heavy atom. The lowest BCUT2D eigenvalue weighted by molar-refractivity contribution is -0.122. The van der Waals surface area contributed by atoms with E-state index in [9.17, 15) is 13.2 Å². The second-order valence-corrected chi connectivity index (χ2v) is 9.64. The summed E-state index contributed by atoms with van der Waals surface area (Å²) in [6.45, 7) is -0.0263. The van der Waals surface area contributed by atoms with E-state index < -0.39 is 9.84 Å². The van der Waals surface area contributed by atoms with Crippen LogP contribution in [0.1, 0.15) is 23.0 Å². The number of hydrogen-bond donors (Lipinski definition) is 1. The van der Waals surface area contributed by atoms with E-state index >= 15 is 0 Å². The van der Waals surface area contributed by atoms with Crippen molar-refractivity contribution < 1.29 is 13.2 Å². The van der Waals surface area contributed by atoms with Gasteiger partial charge < -0.3 is 9.88 Å². The van der Waals surface area contributed by atoms with Gasteiger partial charge in [-0.1, -0.05) is 72.8 Å². The number of hydrogen-bond acceptors (Lipinski definition) is 4. The minimum absolute atomic E-state index is 0.0263. The first-order chi connectivity index (χ1) is 14.9. The maximum absolute atomic E-state index is 13.1. The van der Waals surface area contributed by atoms with Crippen molar-refractivity contribution in [1.82, 2.24) is 14.9 Å². The predicted octanol–water partition coefficient (Wildman–Crippen LogP) is 3.49. The topological polar surface area (TPSA) is 81.1 Å². The van der Waals surface area contributed by atoms with Crippen LogP contribution in [0.5, 0.6) is 0 Å². The third kappa shape index (κ3) is 5.00. The monoisotopic (exact) mass is 433 g/mol. The number of carbonyl (C=O) groups is 1. The first-order valence-electron chi connectivity index (χ1n) is 9.92. The molecule has 31 heavy (non-hydrogen) atoms. The van der Waals surface area contributed by atoms with Crippen LogP contribution in [0.3, 0.4) is 0 Å². The number of nitrogens with zero attached hydrogens (tertiary/aromatic N) is 2. The van der Waals surface area contributed by atoms with Gasteiger partial charge in [0.2, 0.25) is 5.91 Å². The summed E-state index contributed by atoms with van der Waals surface area (Å²) in [4.78, 5) is 17.6. The molecule has 158 valence electrons. The van der Waals surface area contributed by atoms with Crippen molar-refractivity contribution in [2.45, 2.75) is 18.3 Å². The second-order valence-electron chi connectivity index (χ2n) is 7.49. The molecule has 1 N–H and O–H groups in total. The van der Waals surface area contributed by atoms with E-state index in [2.05, 4.69) is 10.3 Å². The highest BCUT2D eigenvalue weighted by atomic mass is 32.2. The van der Waals surface area contributed by atoms with E-state index in [0.717, 1.165) is 22.9 Å². The molecule has 3 aromatic carbocycles. The van der Waals surface area contributed by atoms with E-state index in [-0.39, 0.29) is 24.2 Å². The average Bonchev–Trinajstić information content (AvgIpc) is 3.08. The molecule has 0 aliphatic heterocycles. The average molecular weight is 434 g/mol. The SMILES string of the molecule is CS(=O)(=O)Cc1nc2ccccc2n1CC(=O)NC(c1ccccc1)c1ccccc1. The second kappa shape index (κ2) is 8.73. The normalized spacial score (nSPS) is 11.7. The Morgan fingerprint density at radius 3 is 2.03 bits per heavy atom. The van der Waals surface area contributed by atoms with Crippen molar-refractivity contribution in [3.63, 3.8) is 0 Å². The van der Waals surface area contributed by atoms with Crippen LogP contribution in [0.4, 0.5) is 0 Å². The van der Waals surface area contributed by atoms with Crippen molar-refractivity contribution in [3.05, 3.63) is 102 Å². The summed E-state index contributed by atoms with van der Waals surface area (Å²) in [5.74, 6) is -0.0964. The third-order valence-electron chi connectivity index (χ3n) is 5.00. The van der Waals surface area contributed by atoms with E-state index in [0.29, 0.717) is 11.3 Å². The Hall–Kier alpha value is -3.45. The summed E-state index contributed by atoms with van der Waals surface area (Å²) >= 11 is 0. The molecule has 0 aliphatic carbocycles. The van der Waals surface area contributed by atoms with Crippen LogP contribution >= 0.6 is 0 Å². The van der Waals surface area contributed by atoms with Crippen molar-refractivity contribution >= 4 is 26.8 Å². The number of sulfone groups is 1. The fourth-order valence-corrected chi connectivity index (χ4v) is 4.34. The van der Waals surface area contributed by atoms with Crippen LogP contribution in [0, 0.1) is 0 Å². The summed E-state index contributed by atoms with van der Waals surface area (Å²) in [6.07, 6.45) is 1.16. The zero-order valence-corrected chi connectivity index (χ0v) is 17.9. The summed E-state index contributed by atoms with van der Waals surface area (Å²) in [6, 6.07) is 26.5. The molecule has 0 fully saturated rings. The molecule has 1 aromatic heterocycles. The lowest BCUT2D eigenvalue weighted by atomic mass is 9.99. The Morgan fingerprint density at radius 2 is 1.45 bits per heavy atom. The molecule has 6 nitrogen and oxygen atoms in total. The Bertz CT molecular complexity index is 1260. The molecule has 0 bridgehead atoms. The number of imidazole rings is 1. The van der Waals surface area contributed by atoms with Gasteiger partial charge in [0, 0.05) is 6.26 Å². The van der Waals surface area contributed by atoms with E-state index in [1.807, 2.05) is 84.9 Å². The number of para-hydroxylation sites is 2. The van der Waals surface area contributed by atoms with Gasteiger partial charge in [-0.25, -0.2) is 13.4 Å². The van der Waals surface area contributed by atoms with Gasteiger partial charge in [0.25, 0.3) is 0 Å². The van der Waals surface area contributed by atoms with Crippen LogP contribution in [0.25, 0.3) is 11.0 Å². The molecule has 0 radical (unpaired) electrons. The molecule has 4 aromatic rings. The Kier molecular flexibility index (Phi) is 5.86. The number of aromatic nitrogens is 2. The fraction of sp³-hybridized carbons (Fsp3) is 0.167. The van der Waals surface area contributed by atoms with E-state index in [4.69, 9.17) is 0 Å². The van der Waals surface area contributed by atoms with Crippen LogP contribution in [0.15, 0.2) is 84.9 Å². The molecule has 0 saturated carbocycles. The van der Waals surface area contributed by atoms with Crippen molar-refractivity contribution in [2.24, 2.45) is 0 Å². The molecule has 1 heterocycles. The number of benzene rings is 3. The highest BCUT2D eigenvalue weighted by Crippen LogP contribution is 2.22. The quantitative estimate of drug-likeness (QED) is 0.484. The number of amides is 1. The van der Waals surface area contributed by atoms with Crippen LogP contribution in [-0.2, 0) is 26.9 Å². The zero-order valence-electron chi connectivity index (χ0n) is 17.1. The molecule has 0 unspecified atom stereocenters. The van der Waals surface area contributed by atoms with E-state index in [1.165, 1.54) is 0 Å². The number of nitrogens with one attached hydrogen (secondary N) is 1. The highest BCUT2D eigenvalue weighted by Gasteiger charge is 2.20. The van der Waals surface area contributed by atoms with Gasteiger partial charge in [0.05, 0.1) is 17.1 Å². The van der Waals surface area contributed by atoms with Gasteiger partial charge in [0.1, 0.15) is 18.1 Å². The lowest BCUT2D eigenvalue weighted by Gasteiger charge is -2.20. The molecule has 1 amide bonds. The lowest BCUT2D eigenvalue weighted by Crippen LogP contribution is -2.32. The zero-order chi connectivity index (χ0) is 21.8. The van der Waals surface area contributed by atoms with Crippen LogP contribution in [-0.4, -0.2) is 30.1 Å². The minimum atomic E-state index is -3.31. The predicted molar refractivity (Wildman–Crippen MR) is 121 cm³/mol. The Labute approximate surface area is 181 Å². The van der Waals surface area contributed by atoms with Gasteiger partial charge in [0.15, 0.2) is 9.84 Å². The number of fused-ring (bicyclic) bond motifs is 1. The van der Waals surface area contributed by atoms with E-state index in [1.54, 1.807) is 4.57 Å². The largest absolute Gasteiger partial charge is 0.344 e. The first kappa shape index (κ1) is 20.8. The summed E-state index contributed by atoms with van der Waals surface area (Å²) in [5.41, 5.74) is 3.33. The van der Waals surface area contributed by atoms with Crippen LogP contribution in [0.2, 0.25) is 0 Å². The molecule has 0 atom stereocenters. The molecule has 7 heteroatoms. The third-order valence-corrected chi connectivity index (χ3v) is 5.78. The van der Waals surface area contributed by atoms with Gasteiger partial charge in [-0.05, 0) is 23.3 Å². The molecular weight excluding hydrogens is 410 g/mol. The molecule has 0 saturated heterocycles. The molecule has 0 aliphatic rings. The first-order valence-corrected chi connectivity index (χ1v) is 12.0. The summed E-state index contributed by atoms with van der Waals surface area (Å²) < 4.78 is 25.5. The van der Waals surface area contributed by atoms with Crippen molar-refractivity contribution in [3.8, 4) is 0 Å². The maximum Gasteiger partial charge on any atom is 0.240 e. The van der Waals surface area contributed by atoms with Crippen LogP contribution < -0.4 is 5.32 Å².